The summed E-state index contributed by atoms with van der Waals surface area (Å²) in [6.45, 7) is 0. The van der Waals surface area contributed by atoms with Crippen LogP contribution in [0.4, 0.5) is 5.69 Å². The van der Waals surface area contributed by atoms with Crippen LogP contribution in [0.3, 0.4) is 0 Å². The highest BCUT2D eigenvalue weighted by atomic mass is 32.2. The Bertz CT molecular complexity index is 963. The standard InChI is InChI=1S/C16H11NO4S/c18-17(19)14-6-9-15(10-7-14)22(20,21)16-8-5-12-3-1-2-4-13(12)11-16/h1-11H. The summed E-state index contributed by atoms with van der Waals surface area (Å²) in [6, 6.07) is 17.2. The van der Waals surface area contributed by atoms with Crippen LogP contribution in [0.2, 0.25) is 0 Å². The molecule has 0 saturated heterocycles. The molecule has 0 aliphatic carbocycles. The molecule has 0 amide bonds. The van der Waals surface area contributed by atoms with Gasteiger partial charge >= 0.3 is 0 Å². The van der Waals surface area contributed by atoms with Crippen molar-refractivity contribution >= 4 is 26.3 Å². The molecule has 3 rings (SSSR count). The lowest BCUT2D eigenvalue weighted by Gasteiger charge is -2.06. The van der Waals surface area contributed by atoms with Crippen molar-refractivity contribution in [3.8, 4) is 0 Å². The minimum atomic E-state index is -3.70. The molecular formula is C16H11NO4S. The molecule has 0 aromatic heterocycles. The largest absolute Gasteiger partial charge is 0.269 e. The molecule has 3 aromatic carbocycles. The zero-order valence-electron chi connectivity index (χ0n) is 11.3. The Morgan fingerprint density at radius 2 is 1.36 bits per heavy atom. The van der Waals surface area contributed by atoms with E-state index in [-0.39, 0.29) is 15.5 Å². The predicted octanol–water partition coefficient (Wildman–Crippen LogP) is 3.58. The third-order valence-electron chi connectivity index (χ3n) is 3.39. The third-order valence-corrected chi connectivity index (χ3v) is 5.16. The van der Waals surface area contributed by atoms with Gasteiger partial charge in [-0.05, 0) is 35.0 Å². The molecule has 110 valence electrons. The monoisotopic (exact) mass is 313 g/mol. The lowest BCUT2D eigenvalue weighted by Crippen LogP contribution is -2.02. The molecule has 5 nitrogen and oxygen atoms in total. The van der Waals surface area contributed by atoms with Gasteiger partial charge in [-0.25, -0.2) is 8.42 Å². The Kier molecular flexibility index (Phi) is 3.38. The highest BCUT2D eigenvalue weighted by Crippen LogP contribution is 2.26. The van der Waals surface area contributed by atoms with Crippen LogP contribution < -0.4 is 0 Å². The van der Waals surface area contributed by atoms with Gasteiger partial charge in [0.15, 0.2) is 0 Å². The van der Waals surface area contributed by atoms with E-state index in [0.29, 0.717) is 0 Å². The molecule has 0 aliphatic rings. The average Bonchev–Trinajstić information content (AvgIpc) is 2.54. The maximum Gasteiger partial charge on any atom is 0.269 e. The lowest BCUT2D eigenvalue weighted by molar-refractivity contribution is -0.384. The topological polar surface area (TPSA) is 77.3 Å². The van der Waals surface area contributed by atoms with Crippen LogP contribution in [-0.2, 0) is 9.84 Å². The summed E-state index contributed by atoms with van der Waals surface area (Å²) >= 11 is 0. The van der Waals surface area contributed by atoms with Crippen molar-refractivity contribution in [3.05, 3.63) is 76.8 Å². The quantitative estimate of drug-likeness (QED) is 0.547. The molecule has 0 radical (unpaired) electrons. The third kappa shape index (κ3) is 2.44. The van der Waals surface area contributed by atoms with Gasteiger partial charge in [0.1, 0.15) is 0 Å². The van der Waals surface area contributed by atoms with Crippen molar-refractivity contribution in [1.29, 1.82) is 0 Å². The van der Waals surface area contributed by atoms with E-state index in [2.05, 4.69) is 0 Å². The zero-order chi connectivity index (χ0) is 15.7. The highest BCUT2D eigenvalue weighted by molar-refractivity contribution is 7.91. The molecule has 0 bridgehead atoms. The van der Waals surface area contributed by atoms with Gasteiger partial charge in [0.2, 0.25) is 9.84 Å². The number of sulfone groups is 1. The number of nitrogens with zero attached hydrogens (tertiary/aromatic N) is 1. The molecule has 0 saturated carbocycles. The summed E-state index contributed by atoms with van der Waals surface area (Å²) in [6.07, 6.45) is 0. The predicted molar refractivity (Wildman–Crippen MR) is 82.5 cm³/mol. The Morgan fingerprint density at radius 1 is 0.773 bits per heavy atom. The summed E-state index contributed by atoms with van der Waals surface area (Å²) in [5.74, 6) is 0. The first kappa shape index (κ1) is 14.2. The molecule has 6 heteroatoms. The first-order chi connectivity index (χ1) is 10.5. The van der Waals surface area contributed by atoms with Crippen molar-refractivity contribution in [2.75, 3.05) is 0 Å². The van der Waals surface area contributed by atoms with Gasteiger partial charge in [-0.1, -0.05) is 30.3 Å². The molecule has 0 fully saturated rings. The summed E-state index contributed by atoms with van der Waals surface area (Å²) < 4.78 is 25.2. The maximum absolute atomic E-state index is 12.6. The summed E-state index contributed by atoms with van der Waals surface area (Å²) in [5, 5.41) is 12.4. The molecule has 0 aliphatic heterocycles. The van der Waals surface area contributed by atoms with Gasteiger partial charge in [-0.2, -0.15) is 0 Å². The normalized spacial score (nSPS) is 11.5. The minimum absolute atomic E-state index is 0.0355. The number of rotatable bonds is 3. The molecule has 0 unspecified atom stereocenters. The Hall–Kier alpha value is -2.73. The van der Waals surface area contributed by atoms with Crippen molar-refractivity contribution in [3.63, 3.8) is 0 Å². The number of nitro groups is 1. The van der Waals surface area contributed by atoms with Crippen LogP contribution in [-0.4, -0.2) is 13.3 Å². The first-order valence-electron chi connectivity index (χ1n) is 6.47. The number of hydrogen-bond acceptors (Lipinski definition) is 4. The summed E-state index contributed by atoms with van der Waals surface area (Å²) in [7, 11) is -3.70. The van der Waals surface area contributed by atoms with Gasteiger partial charge in [0, 0.05) is 12.1 Å². The van der Waals surface area contributed by atoms with Gasteiger partial charge in [0.05, 0.1) is 14.7 Å². The van der Waals surface area contributed by atoms with Crippen LogP contribution in [0.25, 0.3) is 10.8 Å². The molecular weight excluding hydrogens is 302 g/mol. The van der Waals surface area contributed by atoms with Crippen molar-refractivity contribution in [2.24, 2.45) is 0 Å². The van der Waals surface area contributed by atoms with E-state index in [4.69, 9.17) is 0 Å². The second-order valence-corrected chi connectivity index (χ2v) is 6.71. The molecule has 0 atom stereocenters. The van der Waals surface area contributed by atoms with Crippen LogP contribution >= 0.6 is 0 Å². The summed E-state index contributed by atoms with van der Waals surface area (Å²) in [5.41, 5.74) is -0.141. The van der Waals surface area contributed by atoms with Gasteiger partial charge in [0.25, 0.3) is 5.69 Å². The number of non-ortho nitro benzene ring substituents is 1. The van der Waals surface area contributed by atoms with E-state index < -0.39 is 14.8 Å². The molecule has 22 heavy (non-hydrogen) atoms. The second-order valence-electron chi connectivity index (χ2n) is 4.76. The fourth-order valence-electron chi connectivity index (χ4n) is 2.22. The smallest absolute Gasteiger partial charge is 0.258 e. The van der Waals surface area contributed by atoms with Crippen LogP contribution in [0, 0.1) is 10.1 Å². The molecule has 0 N–H and O–H groups in total. The van der Waals surface area contributed by atoms with E-state index in [0.717, 1.165) is 10.8 Å². The first-order valence-corrected chi connectivity index (χ1v) is 7.95. The number of fused-ring (bicyclic) bond motifs is 1. The van der Waals surface area contributed by atoms with Crippen LogP contribution in [0.15, 0.2) is 76.5 Å². The Labute approximate surface area is 126 Å². The average molecular weight is 313 g/mol. The van der Waals surface area contributed by atoms with Gasteiger partial charge < -0.3 is 0 Å². The Balaban J connectivity index is 2.09. The van der Waals surface area contributed by atoms with Crippen LogP contribution in [0.1, 0.15) is 0 Å². The molecule has 0 spiro atoms. The minimum Gasteiger partial charge on any atom is -0.258 e. The van der Waals surface area contributed by atoms with E-state index in [9.17, 15) is 18.5 Å². The zero-order valence-corrected chi connectivity index (χ0v) is 12.2. The number of nitro benzene ring substituents is 1. The van der Waals surface area contributed by atoms with Crippen molar-refractivity contribution < 1.29 is 13.3 Å². The highest BCUT2D eigenvalue weighted by Gasteiger charge is 2.19. The summed E-state index contributed by atoms with van der Waals surface area (Å²) in [4.78, 5) is 10.3. The molecule has 3 aromatic rings. The van der Waals surface area contributed by atoms with Crippen molar-refractivity contribution in [1.82, 2.24) is 0 Å². The second kappa shape index (κ2) is 5.23. The van der Waals surface area contributed by atoms with E-state index >= 15 is 0 Å². The van der Waals surface area contributed by atoms with Crippen molar-refractivity contribution in [2.45, 2.75) is 9.79 Å². The Morgan fingerprint density at radius 3 is 2.00 bits per heavy atom. The van der Waals surface area contributed by atoms with Crippen LogP contribution in [0.5, 0.6) is 0 Å². The fourth-order valence-corrected chi connectivity index (χ4v) is 3.51. The molecule has 0 heterocycles. The fraction of sp³-hybridized carbons (Fsp3) is 0. The number of hydrogen-bond donors (Lipinski definition) is 0. The van der Waals surface area contributed by atoms with E-state index in [1.807, 2.05) is 24.3 Å². The maximum atomic E-state index is 12.6. The SMILES string of the molecule is O=[N+]([O-])c1ccc(S(=O)(=O)c2ccc3ccccc3c2)cc1. The lowest BCUT2D eigenvalue weighted by atomic mass is 10.1. The van der Waals surface area contributed by atoms with E-state index in [1.165, 1.54) is 24.3 Å². The van der Waals surface area contributed by atoms with Gasteiger partial charge in [-0.3, -0.25) is 10.1 Å². The van der Waals surface area contributed by atoms with Gasteiger partial charge in [-0.15, -0.1) is 0 Å². The number of benzene rings is 3. The van der Waals surface area contributed by atoms with E-state index in [1.54, 1.807) is 18.2 Å².